The highest BCUT2D eigenvalue weighted by atomic mass is 16.4. The number of carbonyl (C=O) groups is 2. The molecule has 0 aromatic heterocycles. The first-order chi connectivity index (χ1) is 7.49. The number of hydrogen-bond donors (Lipinski definition) is 1. The molecular weight excluding hydrogens is 204 g/mol. The number of carboxylic acid groups (broad SMARTS) is 1. The summed E-state index contributed by atoms with van der Waals surface area (Å²) in [6, 6.07) is 4.86. The van der Waals surface area contributed by atoms with E-state index in [4.69, 9.17) is 5.11 Å². The van der Waals surface area contributed by atoms with Gasteiger partial charge in [-0.25, -0.2) is 4.79 Å². The third-order valence-electron chi connectivity index (χ3n) is 2.82. The number of carboxylic acids is 1. The van der Waals surface area contributed by atoms with Crippen molar-refractivity contribution in [3.8, 4) is 0 Å². The molecule has 1 aromatic rings. The van der Waals surface area contributed by atoms with Gasteiger partial charge in [-0.05, 0) is 30.9 Å². The van der Waals surface area contributed by atoms with E-state index in [1.54, 1.807) is 18.2 Å². The molecule has 0 saturated heterocycles. The number of rotatable bonds is 4. The molecule has 3 heteroatoms. The van der Waals surface area contributed by atoms with Crippen molar-refractivity contribution in [3.63, 3.8) is 0 Å². The predicted octanol–water partition coefficient (Wildman–Crippen LogP) is 3.10. The van der Waals surface area contributed by atoms with Gasteiger partial charge in [0.15, 0.2) is 5.78 Å². The Hall–Kier alpha value is -1.64. The van der Waals surface area contributed by atoms with Crippen LogP contribution in [0.4, 0.5) is 0 Å². The Bertz CT molecular complexity index is 389. The number of hydrogen-bond acceptors (Lipinski definition) is 2. The zero-order valence-electron chi connectivity index (χ0n) is 9.78. The van der Waals surface area contributed by atoms with Crippen LogP contribution in [0.1, 0.15) is 59.4 Å². The highest BCUT2D eigenvalue weighted by molar-refractivity contribution is 6.00. The molecule has 1 rings (SSSR count). The SMILES string of the molecule is CCC(C)c1c(C(C)=O)cccc1C(=O)O. The second kappa shape index (κ2) is 4.92. The number of ketones is 1. The molecule has 3 nitrogen and oxygen atoms in total. The molecule has 1 atom stereocenters. The predicted molar refractivity (Wildman–Crippen MR) is 62.1 cm³/mol. The molecule has 0 heterocycles. The van der Waals surface area contributed by atoms with Crippen molar-refractivity contribution >= 4 is 11.8 Å². The van der Waals surface area contributed by atoms with E-state index in [0.717, 1.165) is 6.42 Å². The molecule has 16 heavy (non-hydrogen) atoms. The lowest BCUT2D eigenvalue weighted by Crippen LogP contribution is -2.10. The molecule has 0 bridgehead atoms. The van der Waals surface area contributed by atoms with Crippen LogP contribution in [-0.2, 0) is 0 Å². The van der Waals surface area contributed by atoms with Crippen molar-refractivity contribution in [2.45, 2.75) is 33.1 Å². The first kappa shape index (κ1) is 12.4. The van der Waals surface area contributed by atoms with Crippen LogP contribution in [0, 0.1) is 0 Å². The van der Waals surface area contributed by atoms with Crippen molar-refractivity contribution in [2.24, 2.45) is 0 Å². The van der Waals surface area contributed by atoms with Crippen LogP contribution in [-0.4, -0.2) is 16.9 Å². The van der Waals surface area contributed by atoms with Gasteiger partial charge < -0.3 is 5.11 Å². The Kier molecular flexibility index (Phi) is 3.82. The van der Waals surface area contributed by atoms with Gasteiger partial charge in [0.25, 0.3) is 0 Å². The summed E-state index contributed by atoms with van der Waals surface area (Å²) in [5.41, 5.74) is 1.42. The van der Waals surface area contributed by atoms with Gasteiger partial charge in [0.2, 0.25) is 0 Å². The molecule has 0 aliphatic heterocycles. The minimum absolute atomic E-state index is 0.0752. The molecule has 0 saturated carbocycles. The topological polar surface area (TPSA) is 54.4 Å². The summed E-state index contributed by atoms with van der Waals surface area (Å²) in [5, 5.41) is 9.10. The van der Waals surface area contributed by atoms with Crippen LogP contribution in [0.25, 0.3) is 0 Å². The van der Waals surface area contributed by atoms with Gasteiger partial charge in [-0.3, -0.25) is 4.79 Å². The first-order valence-electron chi connectivity index (χ1n) is 5.36. The van der Waals surface area contributed by atoms with E-state index in [-0.39, 0.29) is 17.3 Å². The minimum atomic E-state index is -0.974. The third kappa shape index (κ3) is 2.30. The summed E-state index contributed by atoms with van der Waals surface area (Å²) in [7, 11) is 0. The monoisotopic (exact) mass is 220 g/mol. The molecule has 0 radical (unpaired) electrons. The normalized spacial score (nSPS) is 12.2. The summed E-state index contributed by atoms with van der Waals surface area (Å²) in [5.74, 6) is -0.983. The second-order valence-electron chi connectivity index (χ2n) is 3.94. The summed E-state index contributed by atoms with van der Waals surface area (Å²) in [6.45, 7) is 5.38. The van der Waals surface area contributed by atoms with Gasteiger partial charge in [0.05, 0.1) is 5.56 Å². The van der Waals surface area contributed by atoms with Crippen LogP contribution in [0.3, 0.4) is 0 Å². The zero-order valence-corrected chi connectivity index (χ0v) is 9.78. The number of benzene rings is 1. The molecule has 86 valence electrons. The average Bonchev–Trinajstić information content (AvgIpc) is 2.26. The summed E-state index contributed by atoms with van der Waals surface area (Å²) >= 11 is 0. The highest BCUT2D eigenvalue weighted by Crippen LogP contribution is 2.27. The fourth-order valence-electron chi connectivity index (χ4n) is 1.79. The van der Waals surface area contributed by atoms with Crippen LogP contribution in [0.15, 0.2) is 18.2 Å². The summed E-state index contributed by atoms with van der Waals surface area (Å²) in [4.78, 5) is 22.6. The lowest BCUT2D eigenvalue weighted by Gasteiger charge is -2.16. The number of Topliss-reactive ketones (excluding diaryl/α,β-unsaturated/α-hetero) is 1. The van der Waals surface area contributed by atoms with Gasteiger partial charge in [-0.2, -0.15) is 0 Å². The van der Waals surface area contributed by atoms with Crippen LogP contribution >= 0.6 is 0 Å². The van der Waals surface area contributed by atoms with Crippen molar-refractivity contribution in [1.29, 1.82) is 0 Å². The Morgan fingerprint density at radius 2 is 1.88 bits per heavy atom. The largest absolute Gasteiger partial charge is 0.478 e. The Balaban J connectivity index is 3.46. The first-order valence-corrected chi connectivity index (χ1v) is 5.36. The number of aromatic carboxylic acids is 1. The van der Waals surface area contributed by atoms with Crippen LogP contribution < -0.4 is 0 Å². The second-order valence-corrected chi connectivity index (χ2v) is 3.94. The summed E-state index contributed by atoms with van der Waals surface area (Å²) in [6.07, 6.45) is 0.810. The molecule has 0 aliphatic carbocycles. The van der Waals surface area contributed by atoms with E-state index in [9.17, 15) is 9.59 Å². The molecule has 0 fully saturated rings. The van der Waals surface area contributed by atoms with Gasteiger partial charge in [-0.15, -0.1) is 0 Å². The lowest BCUT2D eigenvalue weighted by atomic mass is 9.88. The molecule has 1 unspecified atom stereocenters. The van der Waals surface area contributed by atoms with E-state index >= 15 is 0 Å². The highest BCUT2D eigenvalue weighted by Gasteiger charge is 2.19. The molecule has 1 aromatic carbocycles. The van der Waals surface area contributed by atoms with Gasteiger partial charge in [0, 0.05) is 5.56 Å². The molecule has 1 N–H and O–H groups in total. The van der Waals surface area contributed by atoms with Gasteiger partial charge in [0.1, 0.15) is 0 Å². The van der Waals surface area contributed by atoms with Crippen molar-refractivity contribution in [2.75, 3.05) is 0 Å². The molecule has 0 spiro atoms. The maximum absolute atomic E-state index is 11.5. The Morgan fingerprint density at radius 1 is 1.31 bits per heavy atom. The fraction of sp³-hybridized carbons (Fsp3) is 0.385. The van der Waals surface area contributed by atoms with E-state index in [0.29, 0.717) is 11.1 Å². The standard InChI is InChI=1S/C13H16O3/c1-4-8(2)12-10(9(3)14)6-5-7-11(12)13(15)16/h5-8H,4H2,1-3H3,(H,15,16). The zero-order chi connectivity index (χ0) is 12.3. The quantitative estimate of drug-likeness (QED) is 0.793. The van der Waals surface area contributed by atoms with Crippen LogP contribution in [0.5, 0.6) is 0 Å². The fourth-order valence-corrected chi connectivity index (χ4v) is 1.79. The molecule has 0 amide bonds. The van der Waals surface area contributed by atoms with Crippen molar-refractivity contribution < 1.29 is 14.7 Å². The van der Waals surface area contributed by atoms with E-state index in [2.05, 4.69) is 0 Å². The maximum Gasteiger partial charge on any atom is 0.335 e. The smallest absolute Gasteiger partial charge is 0.335 e. The Labute approximate surface area is 95.1 Å². The van der Waals surface area contributed by atoms with Crippen molar-refractivity contribution in [3.05, 3.63) is 34.9 Å². The van der Waals surface area contributed by atoms with Gasteiger partial charge in [-0.1, -0.05) is 26.0 Å². The van der Waals surface area contributed by atoms with Gasteiger partial charge >= 0.3 is 5.97 Å². The van der Waals surface area contributed by atoms with E-state index < -0.39 is 5.97 Å². The van der Waals surface area contributed by atoms with E-state index in [1.807, 2.05) is 13.8 Å². The lowest BCUT2D eigenvalue weighted by molar-refractivity contribution is 0.0695. The minimum Gasteiger partial charge on any atom is -0.478 e. The van der Waals surface area contributed by atoms with Crippen molar-refractivity contribution in [1.82, 2.24) is 0 Å². The molecular formula is C13H16O3. The average molecular weight is 220 g/mol. The Morgan fingerprint density at radius 3 is 2.31 bits per heavy atom. The number of carbonyl (C=O) groups excluding carboxylic acids is 1. The van der Waals surface area contributed by atoms with E-state index in [1.165, 1.54) is 6.92 Å². The maximum atomic E-state index is 11.5. The summed E-state index contributed by atoms with van der Waals surface area (Å²) < 4.78 is 0. The third-order valence-corrected chi connectivity index (χ3v) is 2.82. The van der Waals surface area contributed by atoms with Crippen LogP contribution in [0.2, 0.25) is 0 Å². The molecule has 0 aliphatic rings.